The maximum atomic E-state index is 13.7. The van der Waals surface area contributed by atoms with E-state index in [0.29, 0.717) is 29.3 Å². The third-order valence-corrected chi connectivity index (χ3v) is 7.28. The van der Waals surface area contributed by atoms with Crippen molar-refractivity contribution < 1.29 is 18.7 Å². The molecule has 41 heavy (non-hydrogen) atoms. The number of aryl methyl sites for hydroxylation is 1. The van der Waals surface area contributed by atoms with Gasteiger partial charge in [-0.25, -0.2) is 0 Å². The Bertz CT molecular complexity index is 1680. The van der Waals surface area contributed by atoms with Crippen molar-refractivity contribution in [2.45, 2.75) is 26.0 Å². The van der Waals surface area contributed by atoms with Crippen LogP contribution in [0.5, 0.6) is 5.75 Å². The van der Waals surface area contributed by atoms with Gasteiger partial charge in [0.1, 0.15) is 18.1 Å². The van der Waals surface area contributed by atoms with Crippen molar-refractivity contribution in [1.82, 2.24) is 4.90 Å². The first-order chi connectivity index (χ1) is 20.0. The van der Waals surface area contributed by atoms with E-state index in [0.717, 1.165) is 23.1 Å². The molecule has 1 aliphatic heterocycles. The van der Waals surface area contributed by atoms with Crippen LogP contribution >= 0.6 is 0 Å². The number of hydrogen-bond acceptors (Lipinski definition) is 4. The lowest BCUT2D eigenvalue weighted by molar-refractivity contribution is 0.0694. The van der Waals surface area contributed by atoms with E-state index in [2.05, 4.69) is 36.5 Å². The number of furan rings is 1. The lowest BCUT2D eigenvalue weighted by Crippen LogP contribution is -2.40. The molecule has 2 amide bonds. The van der Waals surface area contributed by atoms with E-state index in [-0.39, 0.29) is 30.2 Å². The summed E-state index contributed by atoms with van der Waals surface area (Å²) in [4.78, 5) is 28.2. The maximum Gasteiger partial charge on any atom is 0.291 e. The molecule has 0 spiro atoms. The largest absolute Gasteiger partial charge is 0.486 e. The van der Waals surface area contributed by atoms with E-state index in [1.54, 1.807) is 12.1 Å². The second-order valence-electron chi connectivity index (χ2n) is 10.2. The topological polar surface area (TPSA) is 71.8 Å². The summed E-state index contributed by atoms with van der Waals surface area (Å²) in [6, 6.07) is 36.2. The number of anilines is 1. The van der Waals surface area contributed by atoms with Crippen LogP contribution in [0.1, 0.15) is 55.0 Å². The van der Waals surface area contributed by atoms with Gasteiger partial charge in [-0.2, -0.15) is 0 Å². The summed E-state index contributed by atoms with van der Waals surface area (Å²) in [6.07, 6.45) is 0.759. The maximum absolute atomic E-state index is 13.7. The highest BCUT2D eigenvalue weighted by molar-refractivity contribution is 6.02. The summed E-state index contributed by atoms with van der Waals surface area (Å²) in [5.74, 6) is 1.11. The molecule has 0 fully saturated rings. The summed E-state index contributed by atoms with van der Waals surface area (Å²) < 4.78 is 11.9. The van der Waals surface area contributed by atoms with E-state index >= 15 is 0 Å². The Kier molecular flexibility index (Phi) is 7.37. The number of nitrogens with zero attached hydrogens (tertiary/aromatic N) is 1. The number of para-hydroxylation sites is 1. The monoisotopic (exact) mass is 542 g/mol. The van der Waals surface area contributed by atoms with Gasteiger partial charge in [-0.15, -0.1) is 0 Å². The SMILES string of the molecule is Cc1cccc(C2c3cc(OCc4ccc(C(=O)Nc5ccccc5)o4)ccc3CCN2C(=O)c2ccccc2)c1. The standard InChI is InChI=1S/C35H30N2O4/c1-24-9-8-12-27(21-24)33-31-22-29(16-15-25(31)19-20-37(33)35(39)26-10-4-2-5-11-26)40-23-30-17-18-32(41-30)34(38)36-28-13-6-3-7-14-28/h2-18,21-22,33H,19-20,23H2,1H3,(H,36,38). The minimum absolute atomic E-state index is 0.00553. The highest BCUT2D eigenvalue weighted by Gasteiger charge is 2.33. The van der Waals surface area contributed by atoms with Crippen LogP contribution in [0.15, 0.2) is 120 Å². The molecule has 6 nitrogen and oxygen atoms in total. The molecule has 1 unspecified atom stereocenters. The molecule has 2 heterocycles. The molecule has 0 radical (unpaired) electrons. The minimum Gasteiger partial charge on any atom is -0.486 e. The fraction of sp³-hybridized carbons (Fsp3) is 0.143. The van der Waals surface area contributed by atoms with Crippen molar-refractivity contribution in [2.75, 3.05) is 11.9 Å². The normalized spacial score (nSPS) is 14.3. The Balaban J connectivity index is 1.23. The fourth-order valence-electron chi connectivity index (χ4n) is 5.29. The molecule has 6 rings (SSSR count). The fourth-order valence-corrected chi connectivity index (χ4v) is 5.29. The van der Waals surface area contributed by atoms with E-state index in [9.17, 15) is 9.59 Å². The van der Waals surface area contributed by atoms with Crippen molar-refractivity contribution in [3.05, 3.63) is 155 Å². The molecule has 1 aromatic heterocycles. The molecule has 1 N–H and O–H groups in total. The van der Waals surface area contributed by atoms with Crippen molar-refractivity contribution in [2.24, 2.45) is 0 Å². The van der Waals surface area contributed by atoms with Gasteiger partial charge in [-0.05, 0) is 78.6 Å². The zero-order chi connectivity index (χ0) is 28.2. The molecule has 0 saturated carbocycles. The zero-order valence-corrected chi connectivity index (χ0v) is 22.7. The molecular formula is C35H30N2O4. The first-order valence-electron chi connectivity index (χ1n) is 13.7. The van der Waals surface area contributed by atoms with E-state index < -0.39 is 0 Å². The summed E-state index contributed by atoms with van der Waals surface area (Å²) in [5.41, 5.74) is 5.81. The number of carbonyl (C=O) groups is 2. The Morgan fingerprint density at radius 2 is 1.66 bits per heavy atom. The number of carbonyl (C=O) groups excluding carboxylic acids is 2. The van der Waals surface area contributed by atoms with Crippen LogP contribution in [0.4, 0.5) is 5.69 Å². The van der Waals surface area contributed by atoms with Crippen LogP contribution in [0.25, 0.3) is 0 Å². The smallest absolute Gasteiger partial charge is 0.291 e. The second kappa shape index (κ2) is 11.6. The highest BCUT2D eigenvalue weighted by atomic mass is 16.5. The highest BCUT2D eigenvalue weighted by Crippen LogP contribution is 2.38. The average molecular weight is 543 g/mol. The van der Waals surface area contributed by atoms with E-state index in [1.807, 2.05) is 83.8 Å². The lowest BCUT2D eigenvalue weighted by atomic mass is 9.87. The molecule has 1 atom stereocenters. The van der Waals surface area contributed by atoms with E-state index in [4.69, 9.17) is 9.15 Å². The predicted octanol–water partition coefficient (Wildman–Crippen LogP) is 7.21. The molecule has 4 aromatic carbocycles. The molecular weight excluding hydrogens is 512 g/mol. The third-order valence-electron chi connectivity index (χ3n) is 7.28. The molecule has 5 aromatic rings. The first-order valence-corrected chi connectivity index (χ1v) is 13.7. The van der Waals surface area contributed by atoms with E-state index in [1.165, 1.54) is 5.56 Å². The van der Waals surface area contributed by atoms with Crippen LogP contribution < -0.4 is 10.1 Å². The molecule has 204 valence electrons. The van der Waals surface area contributed by atoms with Crippen LogP contribution in [0.3, 0.4) is 0 Å². The molecule has 0 bridgehead atoms. The van der Waals surface area contributed by atoms with Gasteiger partial charge in [-0.1, -0.05) is 72.3 Å². The van der Waals surface area contributed by atoms with Crippen molar-refractivity contribution in [3.63, 3.8) is 0 Å². The Morgan fingerprint density at radius 3 is 2.44 bits per heavy atom. The molecule has 1 aliphatic rings. The number of ether oxygens (including phenoxy) is 1. The number of benzene rings is 4. The van der Waals surface area contributed by atoms with Gasteiger partial charge in [0.2, 0.25) is 0 Å². The first kappa shape index (κ1) is 26.1. The number of fused-ring (bicyclic) bond motifs is 1. The number of nitrogens with one attached hydrogen (secondary N) is 1. The van der Waals surface area contributed by atoms with Crippen molar-refractivity contribution in [3.8, 4) is 5.75 Å². The zero-order valence-electron chi connectivity index (χ0n) is 22.7. The number of hydrogen-bond donors (Lipinski definition) is 1. The van der Waals surface area contributed by atoms with Gasteiger partial charge >= 0.3 is 0 Å². The molecule has 0 aliphatic carbocycles. The van der Waals surface area contributed by atoms with Gasteiger partial charge < -0.3 is 19.4 Å². The van der Waals surface area contributed by atoms with Gasteiger partial charge in [0.05, 0.1) is 6.04 Å². The minimum atomic E-state index is -0.319. The Morgan fingerprint density at radius 1 is 0.878 bits per heavy atom. The number of rotatable bonds is 7. The van der Waals surface area contributed by atoms with Crippen LogP contribution in [-0.2, 0) is 13.0 Å². The molecule has 0 saturated heterocycles. The summed E-state index contributed by atoms with van der Waals surface area (Å²) in [6.45, 7) is 2.85. The quantitative estimate of drug-likeness (QED) is 0.236. The van der Waals surface area contributed by atoms with Crippen LogP contribution in [-0.4, -0.2) is 23.3 Å². The van der Waals surface area contributed by atoms with Gasteiger partial charge in [0, 0.05) is 17.8 Å². The van der Waals surface area contributed by atoms with Crippen molar-refractivity contribution in [1.29, 1.82) is 0 Å². The summed E-state index contributed by atoms with van der Waals surface area (Å²) in [5, 5.41) is 2.82. The van der Waals surface area contributed by atoms with Crippen molar-refractivity contribution >= 4 is 17.5 Å². The third kappa shape index (κ3) is 5.77. The predicted molar refractivity (Wildman–Crippen MR) is 158 cm³/mol. The van der Waals surface area contributed by atoms with Gasteiger partial charge in [0.25, 0.3) is 11.8 Å². The lowest BCUT2D eigenvalue weighted by Gasteiger charge is -2.38. The Hall–Kier alpha value is -5.10. The summed E-state index contributed by atoms with van der Waals surface area (Å²) >= 11 is 0. The average Bonchev–Trinajstić information content (AvgIpc) is 3.49. The molecule has 6 heteroatoms. The van der Waals surface area contributed by atoms with Crippen LogP contribution in [0, 0.1) is 6.92 Å². The number of amides is 2. The van der Waals surface area contributed by atoms with Gasteiger partial charge in [0.15, 0.2) is 5.76 Å². The van der Waals surface area contributed by atoms with Gasteiger partial charge in [-0.3, -0.25) is 9.59 Å². The summed E-state index contributed by atoms with van der Waals surface area (Å²) in [7, 11) is 0. The van der Waals surface area contributed by atoms with Crippen LogP contribution in [0.2, 0.25) is 0 Å². The Labute approximate surface area is 239 Å². The second-order valence-corrected chi connectivity index (χ2v) is 10.2.